The van der Waals surface area contributed by atoms with E-state index in [1.807, 2.05) is 29.3 Å². The van der Waals surface area contributed by atoms with E-state index >= 15 is 0 Å². The van der Waals surface area contributed by atoms with Crippen molar-refractivity contribution >= 4 is 28.1 Å². The highest BCUT2D eigenvalue weighted by Gasteiger charge is 2.27. The Kier molecular flexibility index (Phi) is 6.86. The molecule has 2 N–H and O–H groups in total. The number of carbonyl (C=O) groups is 1. The zero-order valence-corrected chi connectivity index (χ0v) is 22.3. The van der Waals surface area contributed by atoms with Crippen LogP contribution in [0.5, 0.6) is 5.75 Å². The monoisotopic (exact) mass is 502 g/mol. The largest absolute Gasteiger partial charge is 0.497 e. The molecule has 1 amide bonds. The normalized spacial score (nSPS) is 14.7. The fraction of sp³-hybridized carbons (Fsp3) is 0.379. The molecule has 0 atom stereocenters. The number of nitrogens with two attached hydrogens (primary N) is 1. The molecule has 0 spiro atoms. The van der Waals surface area contributed by atoms with Gasteiger partial charge >= 0.3 is 0 Å². The summed E-state index contributed by atoms with van der Waals surface area (Å²) in [5, 5.41) is 1.84. The van der Waals surface area contributed by atoms with Gasteiger partial charge in [0.15, 0.2) is 5.13 Å². The number of hydrogen-bond acceptors (Lipinski definition) is 5. The molecular weight excluding hydrogens is 468 g/mol. The van der Waals surface area contributed by atoms with Crippen molar-refractivity contribution in [1.82, 2.24) is 14.5 Å². The third kappa shape index (κ3) is 4.53. The number of amides is 1. The molecule has 0 unspecified atom stereocenters. The highest BCUT2D eigenvalue weighted by atomic mass is 32.1. The standard InChI is InChI=1S/C29H34N4O2S/c1-18(2)27-26(21-6-5-7-22(15-21)35-4)31-29(36-27)33-17-24(23-14-19(3)8-9-25(23)33)28(34)32-12-10-20(16-30)11-13-32/h5-9,14-15,17-18,20H,10-13,16,30H2,1-4H3. The van der Waals surface area contributed by atoms with Gasteiger partial charge < -0.3 is 15.4 Å². The third-order valence-electron chi connectivity index (χ3n) is 7.14. The number of hydrogen-bond donors (Lipinski definition) is 1. The number of benzene rings is 2. The average Bonchev–Trinajstić information content (AvgIpc) is 3.50. The summed E-state index contributed by atoms with van der Waals surface area (Å²) in [4.78, 5) is 22.0. The van der Waals surface area contributed by atoms with Crippen LogP contribution in [-0.2, 0) is 0 Å². The van der Waals surface area contributed by atoms with Gasteiger partial charge in [-0.2, -0.15) is 0 Å². The van der Waals surface area contributed by atoms with E-state index in [0.717, 1.165) is 70.1 Å². The molecule has 1 aliphatic heterocycles. The smallest absolute Gasteiger partial charge is 0.256 e. The summed E-state index contributed by atoms with van der Waals surface area (Å²) in [7, 11) is 1.68. The van der Waals surface area contributed by atoms with Crippen LogP contribution in [0.2, 0.25) is 0 Å². The number of aryl methyl sites for hydroxylation is 1. The van der Waals surface area contributed by atoms with Gasteiger partial charge in [-0.1, -0.05) is 37.6 Å². The molecule has 2 aromatic heterocycles. The van der Waals surface area contributed by atoms with Crippen molar-refractivity contribution in [3.8, 4) is 22.1 Å². The molecule has 0 bridgehead atoms. The predicted octanol–water partition coefficient (Wildman–Crippen LogP) is 6.01. The van der Waals surface area contributed by atoms with Gasteiger partial charge in [-0.05, 0) is 62.4 Å². The van der Waals surface area contributed by atoms with Gasteiger partial charge in [-0.15, -0.1) is 11.3 Å². The summed E-state index contributed by atoms with van der Waals surface area (Å²) in [6.07, 6.45) is 3.92. The molecule has 0 saturated carbocycles. The number of nitrogens with zero attached hydrogens (tertiary/aromatic N) is 3. The Morgan fingerprint density at radius 1 is 1.19 bits per heavy atom. The Bertz CT molecular complexity index is 1400. The number of piperidine rings is 1. The summed E-state index contributed by atoms with van der Waals surface area (Å²) < 4.78 is 7.55. The van der Waals surface area contributed by atoms with Crippen molar-refractivity contribution in [2.75, 3.05) is 26.7 Å². The second-order valence-corrected chi connectivity index (χ2v) is 11.0. The van der Waals surface area contributed by atoms with Crippen molar-refractivity contribution in [1.29, 1.82) is 0 Å². The molecule has 7 heteroatoms. The van der Waals surface area contributed by atoms with Crippen molar-refractivity contribution in [2.45, 2.75) is 39.5 Å². The van der Waals surface area contributed by atoms with E-state index in [0.29, 0.717) is 18.4 Å². The van der Waals surface area contributed by atoms with Crippen molar-refractivity contribution < 1.29 is 9.53 Å². The number of likely N-dealkylation sites (tertiary alicyclic amines) is 1. The second kappa shape index (κ2) is 10.1. The maximum Gasteiger partial charge on any atom is 0.256 e. The first-order valence-electron chi connectivity index (χ1n) is 12.7. The summed E-state index contributed by atoms with van der Waals surface area (Å²) in [5.41, 5.74) is 10.7. The fourth-order valence-corrected chi connectivity index (χ4v) is 6.09. The van der Waals surface area contributed by atoms with Crippen LogP contribution in [0.25, 0.3) is 27.3 Å². The van der Waals surface area contributed by atoms with Crippen LogP contribution in [0.15, 0.2) is 48.7 Å². The molecule has 1 aliphatic rings. The lowest BCUT2D eigenvalue weighted by Gasteiger charge is -2.31. The maximum atomic E-state index is 13.7. The Hall–Kier alpha value is -3.16. The molecule has 1 saturated heterocycles. The van der Waals surface area contributed by atoms with Crippen LogP contribution in [0, 0.1) is 12.8 Å². The molecule has 6 nitrogen and oxygen atoms in total. The summed E-state index contributed by atoms with van der Waals surface area (Å²) in [6, 6.07) is 14.4. The number of carbonyl (C=O) groups excluding carboxylic acids is 1. The van der Waals surface area contributed by atoms with E-state index in [1.165, 1.54) is 4.88 Å². The minimum Gasteiger partial charge on any atom is -0.497 e. The number of methoxy groups -OCH3 is 1. The van der Waals surface area contributed by atoms with Gasteiger partial charge in [0.1, 0.15) is 5.75 Å². The SMILES string of the molecule is COc1cccc(-c2nc(-n3cc(C(=O)N4CCC(CN)CC4)c4cc(C)ccc43)sc2C(C)C)c1. The molecule has 2 aromatic carbocycles. The molecule has 36 heavy (non-hydrogen) atoms. The van der Waals surface area contributed by atoms with Gasteiger partial charge in [0, 0.05) is 35.1 Å². The quantitative estimate of drug-likeness (QED) is 0.351. The minimum absolute atomic E-state index is 0.0912. The lowest BCUT2D eigenvalue weighted by atomic mass is 9.96. The third-order valence-corrected chi connectivity index (χ3v) is 8.50. The van der Waals surface area contributed by atoms with Crippen LogP contribution >= 0.6 is 11.3 Å². The number of rotatable bonds is 6. The average molecular weight is 503 g/mol. The molecule has 188 valence electrons. The fourth-order valence-electron chi connectivity index (χ4n) is 5.01. The van der Waals surface area contributed by atoms with E-state index in [4.69, 9.17) is 15.5 Å². The van der Waals surface area contributed by atoms with Gasteiger partial charge in [0.25, 0.3) is 5.91 Å². The zero-order chi connectivity index (χ0) is 25.4. The Balaban J connectivity index is 1.60. The number of fused-ring (bicyclic) bond motifs is 1. The van der Waals surface area contributed by atoms with E-state index in [2.05, 4.69) is 49.6 Å². The first-order chi connectivity index (χ1) is 17.4. The zero-order valence-electron chi connectivity index (χ0n) is 21.5. The lowest BCUT2D eigenvalue weighted by molar-refractivity contribution is 0.0695. The number of ether oxygens (including phenoxy) is 1. The molecular formula is C29H34N4O2S. The topological polar surface area (TPSA) is 73.4 Å². The first kappa shape index (κ1) is 24.5. The highest BCUT2D eigenvalue weighted by Crippen LogP contribution is 2.38. The maximum absolute atomic E-state index is 13.7. The van der Waals surface area contributed by atoms with E-state index in [-0.39, 0.29) is 5.91 Å². The first-order valence-corrected chi connectivity index (χ1v) is 13.5. The van der Waals surface area contributed by atoms with Gasteiger partial charge in [-0.3, -0.25) is 9.36 Å². The van der Waals surface area contributed by atoms with Crippen LogP contribution in [0.1, 0.15) is 53.4 Å². The Morgan fingerprint density at radius 2 is 1.97 bits per heavy atom. The van der Waals surface area contributed by atoms with Crippen LogP contribution in [-0.4, -0.2) is 47.1 Å². The molecule has 3 heterocycles. The molecule has 5 rings (SSSR count). The Morgan fingerprint density at radius 3 is 2.67 bits per heavy atom. The van der Waals surface area contributed by atoms with Crippen molar-refractivity contribution in [3.05, 3.63) is 64.7 Å². The van der Waals surface area contributed by atoms with Crippen molar-refractivity contribution in [3.63, 3.8) is 0 Å². The van der Waals surface area contributed by atoms with Crippen LogP contribution in [0.3, 0.4) is 0 Å². The molecule has 4 aromatic rings. The van der Waals surface area contributed by atoms with E-state index in [1.54, 1.807) is 18.4 Å². The molecule has 0 aliphatic carbocycles. The predicted molar refractivity (Wildman–Crippen MR) is 147 cm³/mol. The van der Waals surface area contributed by atoms with Gasteiger partial charge in [0.05, 0.1) is 23.9 Å². The minimum atomic E-state index is 0.0912. The highest BCUT2D eigenvalue weighted by molar-refractivity contribution is 7.14. The number of aromatic nitrogens is 2. The molecule has 0 radical (unpaired) electrons. The second-order valence-electron chi connectivity index (χ2n) is 10.0. The lowest BCUT2D eigenvalue weighted by Crippen LogP contribution is -2.40. The van der Waals surface area contributed by atoms with Crippen LogP contribution < -0.4 is 10.5 Å². The summed E-state index contributed by atoms with van der Waals surface area (Å²) in [5.74, 6) is 1.72. The number of thiazole rings is 1. The Labute approximate surface area is 216 Å². The van der Waals surface area contributed by atoms with Crippen LogP contribution in [0.4, 0.5) is 0 Å². The van der Waals surface area contributed by atoms with Crippen molar-refractivity contribution in [2.24, 2.45) is 11.7 Å². The van der Waals surface area contributed by atoms with E-state index < -0.39 is 0 Å². The summed E-state index contributed by atoms with van der Waals surface area (Å²) in [6.45, 7) is 8.66. The van der Waals surface area contributed by atoms with Gasteiger partial charge in [-0.25, -0.2) is 4.98 Å². The molecule has 1 fully saturated rings. The van der Waals surface area contributed by atoms with E-state index in [9.17, 15) is 4.79 Å². The van der Waals surface area contributed by atoms with Gasteiger partial charge in [0.2, 0.25) is 0 Å². The summed E-state index contributed by atoms with van der Waals surface area (Å²) >= 11 is 1.68.